The van der Waals surface area contributed by atoms with Crippen LogP contribution in [0.4, 0.5) is 11.4 Å². The first kappa shape index (κ1) is 21.3. The maximum atomic E-state index is 13.1. The molecule has 2 bridgehead atoms. The van der Waals surface area contributed by atoms with Gasteiger partial charge in [0.2, 0.25) is 0 Å². The highest BCUT2D eigenvalue weighted by Crippen LogP contribution is 2.34. The summed E-state index contributed by atoms with van der Waals surface area (Å²) in [4.78, 5) is 25.4. The summed E-state index contributed by atoms with van der Waals surface area (Å²) in [7, 11) is 0. The summed E-state index contributed by atoms with van der Waals surface area (Å²) in [6.07, 6.45) is 6.54. The van der Waals surface area contributed by atoms with Gasteiger partial charge >= 0.3 is 0 Å². The quantitative estimate of drug-likeness (QED) is 0.535. The molecule has 1 amide bonds. The Balaban J connectivity index is 1.21. The number of aryl methyl sites for hydroxylation is 2. The van der Waals surface area contributed by atoms with Crippen molar-refractivity contribution < 1.29 is 4.79 Å². The second-order valence-corrected chi connectivity index (χ2v) is 10.7. The van der Waals surface area contributed by atoms with Crippen LogP contribution in [0, 0.1) is 18.3 Å². The number of aromatic nitrogens is 2. The summed E-state index contributed by atoms with van der Waals surface area (Å²) < 4.78 is 0. The average molecular weight is 474 g/mol. The lowest BCUT2D eigenvalue weighted by atomic mass is 9.86. The van der Waals surface area contributed by atoms with Gasteiger partial charge in [0.1, 0.15) is 21.3 Å². The first-order valence-electron chi connectivity index (χ1n) is 11.9. The van der Waals surface area contributed by atoms with E-state index in [9.17, 15) is 10.1 Å². The molecule has 2 saturated heterocycles. The highest BCUT2D eigenvalue weighted by Gasteiger charge is 2.34. The van der Waals surface area contributed by atoms with Crippen molar-refractivity contribution in [2.24, 2.45) is 0 Å². The summed E-state index contributed by atoms with van der Waals surface area (Å²) in [5.74, 6) is -0.179. The zero-order valence-electron chi connectivity index (χ0n) is 19.1. The van der Waals surface area contributed by atoms with Gasteiger partial charge in [0, 0.05) is 37.4 Å². The number of hydrogen-bond acceptors (Lipinski definition) is 8. The molecule has 2 fully saturated rings. The van der Waals surface area contributed by atoms with Gasteiger partial charge in [0.15, 0.2) is 0 Å². The highest BCUT2D eigenvalue weighted by molar-refractivity contribution is 7.21. The second kappa shape index (κ2) is 8.22. The first-order valence-corrected chi connectivity index (χ1v) is 12.7. The van der Waals surface area contributed by atoms with E-state index in [2.05, 4.69) is 37.6 Å². The monoisotopic (exact) mass is 473 g/mol. The molecule has 6 rings (SSSR count). The molecule has 4 N–H and O–H groups in total. The minimum Gasteiger partial charge on any atom is -0.396 e. The van der Waals surface area contributed by atoms with Crippen molar-refractivity contribution in [2.75, 3.05) is 23.7 Å². The summed E-state index contributed by atoms with van der Waals surface area (Å²) in [5, 5.41) is 16.7. The fourth-order valence-corrected chi connectivity index (χ4v) is 6.65. The number of nitriles is 1. The van der Waals surface area contributed by atoms with Crippen molar-refractivity contribution in [3.63, 3.8) is 0 Å². The predicted molar refractivity (Wildman–Crippen MR) is 133 cm³/mol. The van der Waals surface area contributed by atoms with E-state index >= 15 is 0 Å². The second-order valence-electron chi connectivity index (χ2n) is 9.72. The molecule has 34 heavy (non-hydrogen) atoms. The Morgan fingerprint density at radius 3 is 2.82 bits per heavy atom. The number of rotatable bonds is 3. The standard InChI is InChI=1S/C25H27N7OS/c1-13-10-28-22-21(27)23(34-25(22)29-13)24(33)31-17-3-2-14-8-20(16(9-26)6-15(14)7-17)32-11-18-4-5-19(12-32)30-18/h6,8,10,17-19,30H,2-5,7,11-12,27H2,1H3,(H,31,33)/t17-,18?,19?/m1/s1. The molecule has 174 valence electrons. The largest absolute Gasteiger partial charge is 0.396 e. The van der Waals surface area contributed by atoms with Crippen LogP contribution >= 0.6 is 11.3 Å². The van der Waals surface area contributed by atoms with Gasteiger partial charge in [-0.15, -0.1) is 11.3 Å². The van der Waals surface area contributed by atoms with E-state index in [-0.39, 0.29) is 11.9 Å². The van der Waals surface area contributed by atoms with Crippen molar-refractivity contribution in [3.8, 4) is 6.07 Å². The van der Waals surface area contributed by atoms with Crippen LogP contribution in [-0.2, 0) is 12.8 Å². The Morgan fingerprint density at radius 1 is 1.26 bits per heavy atom. The number of carbonyl (C=O) groups is 1. The predicted octanol–water partition coefficient (Wildman–Crippen LogP) is 2.68. The van der Waals surface area contributed by atoms with Gasteiger partial charge in [-0.2, -0.15) is 5.26 Å². The van der Waals surface area contributed by atoms with Crippen molar-refractivity contribution in [1.29, 1.82) is 5.26 Å². The summed E-state index contributed by atoms with van der Waals surface area (Å²) in [6, 6.07) is 7.73. The maximum Gasteiger partial charge on any atom is 0.263 e. The van der Waals surface area contributed by atoms with Gasteiger partial charge < -0.3 is 21.3 Å². The fraction of sp³-hybridized carbons (Fsp3) is 0.440. The minimum atomic E-state index is -0.179. The van der Waals surface area contributed by atoms with Crippen molar-refractivity contribution in [2.45, 2.75) is 57.2 Å². The molecule has 8 nitrogen and oxygen atoms in total. The van der Waals surface area contributed by atoms with Crippen LogP contribution in [0.2, 0.25) is 0 Å². The summed E-state index contributed by atoms with van der Waals surface area (Å²) >= 11 is 1.29. The van der Waals surface area contributed by atoms with Gasteiger partial charge in [0.05, 0.1) is 22.6 Å². The zero-order chi connectivity index (χ0) is 23.4. The average Bonchev–Trinajstić information content (AvgIpc) is 3.35. The number of amides is 1. The van der Waals surface area contributed by atoms with E-state index in [0.29, 0.717) is 39.4 Å². The molecule has 3 aromatic rings. The van der Waals surface area contributed by atoms with Crippen LogP contribution in [0.15, 0.2) is 18.3 Å². The van der Waals surface area contributed by atoms with Crippen molar-refractivity contribution in [1.82, 2.24) is 20.6 Å². The number of hydrogen-bond donors (Lipinski definition) is 3. The molecule has 2 aliphatic heterocycles. The third-order valence-electron chi connectivity index (χ3n) is 7.32. The zero-order valence-corrected chi connectivity index (χ0v) is 19.9. The molecule has 0 saturated carbocycles. The molecule has 0 radical (unpaired) electrons. The summed E-state index contributed by atoms with van der Waals surface area (Å²) in [5.41, 5.74) is 12.2. The van der Waals surface area contributed by atoms with Crippen LogP contribution in [0.1, 0.15) is 51.3 Å². The molecular weight excluding hydrogens is 446 g/mol. The lowest BCUT2D eigenvalue weighted by molar-refractivity contribution is 0.0938. The molecule has 2 unspecified atom stereocenters. The van der Waals surface area contributed by atoms with Crippen molar-refractivity contribution >= 4 is 39.0 Å². The van der Waals surface area contributed by atoms with Crippen LogP contribution in [-0.4, -0.2) is 47.1 Å². The Kier molecular flexibility index (Phi) is 5.15. The van der Waals surface area contributed by atoms with Crippen LogP contribution < -0.4 is 21.3 Å². The Labute approximate surface area is 202 Å². The van der Waals surface area contributed by atoms with E-state index in [1.165, 1.54) is 29.7 Å². The number of anilines is 2. The number of nitrogen functional groups attached to an aromatic ring is 1. The Hall–Kier alpha value is -3.22. The third-order valence-corrected chi connectivity index (χ3v) is 8.41. The van der Waals surface area contributed by atoms with E-state index < -0.39 is 0 Å². The fourth-order valence-electron chi connectivity index (χ4n) is 5.65. The molecule has 3 aliphatic rings. The molecule has 1 aromatic carbocycles. The van der Waals surface area contributed by atoms with Gasteiger partial charge in [0.25, 0.3) is 5.91 Å². The Bertz CT molecular complexity index is 1330. The van der Waals surface area contributed by atoms with Gasteiger partial charge in [-0.3, -0.25) is 4.79 Å². The number of nitrogens with one attached hydrogen (secondary N) is 2. The topological polar surface area (TPSA) is 120 Å². The first-order chi connectivity index (χ1) is 16.5. The lowest BCUT2D eigenvalue weighted by Gasteiger charge is -2.36. The molecule has 9 heteroatoms. The molecular formula is C25H27N7OS. The molecule has 2 aromatic heterocycles. The van der Waals surface area contributed by atoms with Crippen LogP contribution in [0.3, 0.4) is 0 Å². The van der Waals surface area contributed by atoms with Gasteiger partial charge in [-0.25, -0.2) is 9.97 Å². The molecule has 1 aliphatic carbocycles. The maximum absolute atomic E-state index is 13.1. The molecule has 4 heterocycles. The van der Waals surface area contributed by atoms with Gasteiger partial charge in [-0.1, -0.05) is 0 Å². The van der Waals surface area contributed by atoms with Gasteiger partial charge in [-0.05, 0) is 62.3 Å². The number of piperazine rings is 1. The van der Waals surface area contributed by atoms with Crippen LogP contribution in [0.5, 0.6) is 0 Å². The van der Waals surface area contributed by atoms with E-state index in [1.807, 2.05) is 13.0 Å². The number of nitrogens with zero attached hydrogens (tertiary/aromatic N) is 4. The van der Waals surface area contributed by atoms with E-state index in [4.69, 9.17) is 5.73 Å². The number of benzene rings is 1. The minimum absolute atomic E-state index is 0.000286. The number of carbonyl (C=O) groups excluding carboxylic acids is 1. The van der Waals surface area contributed by atoms with Crippen molar-refractivity contribution in [3.05, 3.63) is 45.6 Å². The van der Waals surface area contributed by atoms with Crippen LogP contribution in [0.25, 0.3) is 10.3 Å². The summed E-state index contributed by atoms with van der Waals surface area (Å²) in [6.45, 7) is 3.79. The number of thiophene rings is 1. The third kappa shape index (κ3) is 3.67. The lowest BCUT2D eigenvalue weighted by Crippen LogP contribution is -2.51. The SMILES string of the molecule is Cc1cnc2c(N)c(C(=O)N[C@@H]3CCc4cc(N5CC6CCC(C5)N6)c(C#N)cc4C3)sc2n1. The molecule has 0 spiro atoms. The molecule has 3 atom stereocenters. The Morgan fingerprint density at radius 2 is 2.06 bits per heavy atom. The number of fused-ring (bicyclic) bond motifs is 4. The van der Waals surface area contributed by atoms with E-state index in [0.717, 1.165) is 48.4 Å². The smallest absolute Gasteiger partial charge is 0.263 e. The highest BCUT2D eigenvalue weighted by atomic mass is 32.1. The number of nitrogens with two attached hydrogens (primary N) is 1. The normalized spacial score (nSPS) is 23.5. The van der Waals surface area contributed by atoms with E-state index in [1.54, 1.807) is 6.20 Å².